The molecule has 0 spiro atoms. The average Bonchev–Trinajstić information content (AvgIpc) is 3.23. The lowest BCUT2D eigenvalue weighted by Crippen LogP contribution is -2.39. The Morgan fingerprint density at radius 1 is 0.369 bits per heavy atom. The molecular weight excluding hydrogens is 860 g/mol. The first-order valence-corrected chi connectivity index (χ1v) is 19.5. The lowest BCUT2D eigenvalue weighted by Gasteiger charge is -2.43. The fraction of sp³-hybridized carbons (Fsp3) is 0.200. The van der Waals surface area contributed by atoms with Crippen LogP contribution in [0, 0.1) is 0 Å². The Morgan fingerprint density at radius 2 is 0.815 bits per heavy atom. The Kier molecular flexibility index (Phi) is 9.70. The van der Waals surface area contributed by atoms with Gasteiger partial charge >= 0.3 is 0 Å². The summed E-state index contributed by atoms with van der Waals surface area (Å²) >= 11 is 0. The number of phenols is 14. The van der Waals surface area contributed by atoms with Crippen molar-refractivity contribution in [1.29, 1.82) is 0 Å². The summed E-state index contributed by atoms with van der Waals surface area (Å²) in [6.45, 7) is 0. The maximum absolute atomic E-state index is 12.5. The van der Waals surface area contributed by atoms with E-state index in [1.807, 2.05) is 0 Å². The second kappa shape index (κ2) is 15.0. The fourth-order valence-corrected chi connectivity index (χ4v) is 9.08. The van der Waals surface area contributed by atoms with Crippen LogP contribution in [-0.2, 0) is 6.42 Å². The van der Waals surface area contributed by atoms with Crippen LogP contribution in [0.2, 0.25) is 0 Å². The number of aromatic hydroxyl groups is 14. The van der Waals surface area contributed by atoms with E-state index in [0.717, 1.165) is 60.7 Å². The number of ether oxygens (including phenoxy) is 3. The minimum Gasteiger partial charge on any atom is -0.508 e. The van der Waals surface area contributed by atoms with E-state index in [2.05, 4.69) is 0 Å². The lowest BCUT2D eigenvalue weighted by molar-refractivity contribution is -0.00570. The molecule has 20 nitrogen and oxygen atoms in total. The molecule has 0 fully saturated rings. The predicted octanol–water partition coefficient (Wildman–Crippen LogP) is 3.86. The van der Waals surface area contributed by atoms with Crippen molar-refractivity contribution in [3.05, 3.63) is 111 Å². The molecule has 0 amide bonds. The van der Waals surface area contributed by atoms with Gasteiger partial charge in [-0.15, -0.1) is 0 Å². The maximum Gasteiger partial charge on any atom is 0.200 e. The average molecular weight is 899 g/mol. The molecule has 0 saturated heterocycles. The van der Waals surface area contributed by atoms with Crippen LogP contribution in [0.3, 0.4) is 0 Å². The molecule has 9 rings (SSSR count). The predicted molar refractivity (Wildman–Crippen MR) is 217 cm³/mol. The van der Waals surface area contributed by atoms with Crippen LogP contribution in [0.4, 0.5) is 0 Å². The Hall–Kier alpha value is -8.20. The quantitative estimate of drug-likeness (QED) is 0.109. The fourth-order valence-electron chi connectivity index (χ4n) is 9.08. The van der Waals surface area contributed by atoms with Crippen molar-refractivity contribution in [2.24, 2.45) is 0 Å². The van der Waals surface area contributed by atoms with Crippen LogP contribution in [0.1, 0.15) is 74.7 Å². The number of benzene rings is 6. The van der Waals surface area contributed by atoms with E-state index in [1.54, 1.807) is 0 Å². The first-order chi connectivity index (χ1) is 30.7. The lowest BCUT2D eigenvalue weighted by atomic mass is 9.73. The highest BCUT2D eigenvalue weighted by Gasteiger charge is 2.51. The molecule has 0 unspecified atom stereocenters. The molecule has 0 aliphatic carbocycles. The Morgan fingerprint density at radius 3 is 1.35 bits per heavy atom. The van der Waals surface area contributed by atoms with Crippen LogP contribution in [0.25, 0.3) is 0 Å². The van der Waals surface area contributed by atoms with E-state index < -0.39 is 151 Å². The summed E-state index contributed by atoms with van der Waals surface area (Å²) in [5, 5.41) is 188. The van der Waals surface area contributed by atoms with Crippen molar-refractivity contribution in [2.75, 3.05) is 0 Å². The summed E-state index contributed by atoms with van der Waals surface area (Å²) in [6, 6.07) is 10.7. The van der Waals surface area contributed by atoms with Gasteiger partial charge in [-0.25, -0.2) is 0 Å². The molecule has 0 saturated carbocycles. The zero-order valence-electron chi connectivity index (χ0n) is 33.0. The summed E-state index contributed by atoms with van der Waals surface area (Å²) in [5.41, 5.74) is -2.13. The van der Waals surface area contributed by atoms with Gasteiger partial charge in [0.2, 0.25) is 0 Å². The molecule has 0 bridgehead atoms. The van der Waals surface area contributed by atoms with Crippen molar-refractivity contribution in [3.63, 3.8) is 0 Å². The number of fused-ring (bicyclic) bond motifs is 3. The highest BCUT2D eigenvalue weighted by atomic mass is 16.5. The molecule has 338 valence electrons. The SMILES string of the molecule is Oc1cc(O)c2c(c1)O[C@H](c1cc(O)c(O)c(O)c1)[C@@H](O)[C@@H]2c1c(O)cc(O)c2c1O[C@H](c1cc(O)c(O)c(O)c1)[C@@H](O)[C@@H]2c1c(O)cc(O)c2c1O[C@H](c1ccc(O)c(O)c1)[C@@H](O)C2. The van der Waals surface area contributed by atoms with E-state index in [1.165, 1.54) is 6.07 Å². The number of aliphatic hydroxyl groups is 3. The molecule has 20 heteroatoms. The van der Waals surface area contributed by atoms with E-state index in [-0.39, 0.29) is 45.7 Å². The topological polar surface area (TPSA) is 372 Å². The largest absolute Gasteiger partial charge is 0.508 e. The van der Waals surface area contributed by atoms with Crippen molar-refractivity contribution >= 4 is 0 Å². The van der Waals surface area contributed by atoms with E-state index in [4.69, 9.17) is 14.2 Å². The van der Waals surface area contributed by atoms with Crippen LogP contribution in [0.5, 0.6) is 97.7 Å². The van der Waals surface area contributed by atoms with Gasteiger partial charge < -0.3 is 101 Å². The summed E-state index contributed by atoms with van der Waals surface area (Å²) in [7, 11) is 0. The van der Waals surface area contributed by atoms with Gasteiger partial charge in [0.05, 0.1) is 17.9 Å². The van der Waals surface area contributed by atoms with E-state index in [0.29, 0.717) is 0 Å². The second-order valence-corrected chi connectivity index (χ2v) is 16.0. The zero-order chi connectivity index (χ0) is 46.7. The van der Waals surface area contributed by atoms with Gasteiger partial charge in [0, 0.05) is 69.6 Å². The third kappa shape index (κ3) is 6.57. The number of aliphatic hydroxyl groups excluding tert-OH is 3. The van der Waals surface area contributed by atoms with Crippen molar-refractivity contribution in [2.45, 2.75) is 54.9 Å². The molecule has 6 aromatic rings. The molecule has 3 aliphatic heterocycles. The van der Waals surface area contributed by atoms with Crippen LogP contribution in [0.15, 0.2) is 66.7 Å². The Balaban J connectivity index is 1.32. The molecular formula is C45H38O20. The number of hydrogen-bond donors (Lipinski definition) is 17. The van der Waals surface area contributed by atoms with Crippen molar-refractivity contribution in [3.8, 4) is 97.7 Å². The maximum atomic E-state index is 12.5. The first-order valence-electron chi connectivity index (χ1n) is 19.5. The van der Waals surface area contributed by atoms with Crippen LogP contribution < -0.4 is 14.2 Å². The zero-order valence-corrected chi connectivity index (χ0v) is 33.0. The summed E-state index contributed by atoms with van der Waals surface area (Å²) in [4.78, 5) is 0. The van der Waals surface area contributed by atoms with Gasteiger partial charge in [-0.05, 0) is 42.0 Å². The van der Waals surface area contributed by atoms with E-state index >= 15 is 0 Å². The van der Waals surface area contributed by atoms with Gasteiger partial charge in [0.15, 0.2) is 58.2 Å². The van der Waals surface area contributed by atoms with Gasteiger partial charge in [0.25, 0.3) is 0 Å². The van der Waals surface area contributed by atoms with Crippen molar-refractivity contribution < 1.29 is 101 Å². The normalized spacial score (nSPS) is 23.2. The van der Waals surface area contributed by atoms with Gasteiger partial charge in [0.1, 0.15) is 70.1 Å². The summed E-state index contributed by atoms with van der Waals surface area (Å²) in [5.74, 6) is -15.7. The molecule has 3 aliphatic rings. The third-order valence-corrected chi connectivity index (χ3v) is 12.0. The molecule has 3 heterocycles. The minimum absolute atomic E-state index is 0.103. The Bertz CT molecular complexity index is 2900. The number of phenolic OH excluding ortho intramolecular Hbond substituents is 14. The van der Waals surface area contributed by atoms with Gasteiger partial charge in [-0.3, -0.25) is 0 Å². The monoisotopic (exact) mass is 898 g/mol. The van der Waals surface area contributed by atoms with Crippen LogP contribution >= 0.6 is 0 Å². The molecule has 0 radical (unpaired) electrons. The van der Waals surface area contributed by atoms with Crippen LogP contribution in [-0.4, -0.2) is 105 Å². The van der Waals surface area contributed by atoms with Crippen molar-refractivity contribution in [1.82, 2.24) is 0 Å². The number of hydrogen-bond acceptors (Lipinski definition) is 20. The smallest absolute Gasteiger partial charge is 0.200 e. The summed E-state index contributed by atoms with van der Waals surface area (Å²) < 4.78 is 18.7. The van der Waals surface area contributed by atoms with Gasteiger partial charge in [-0.2, -0.15) is 0 Å². The minimum atomic E-state index is -2.05. The van der Waals surface area contributed by atoms with Gasteiger partial charge in [-0.1, -0.05) is 6.07 Å². The highest BCUT2D eigenvalue weighted by Crippen LogP contribution is 2.62. The number of rotatable bonds is 5. The molecule has 6 aromatic carbocycles. The van der Waals surface area contributed by atoms with E-state index in [9.17, 15) is 86.8 Å². The highest BCUT2D eigenvalue weighted by molar-refractivity contribution is 5.71. The molecule has 65 heavy (non-hydrogen) atoms. The standard InChI is InChI=1S/C45H38O20/c46-16-8-21(50)31-30(9-16)63-42(14-4-25(54)37(59)26(55)5-14)39(61)35(31)33-23(52)12-24(53)34-36(40(62)43(65-45(33)34)15-6-27(56)38(60)28(57)7-15)32-22(51)11-19(48)17-10-29(58)41(64-44(17)32)13-1-2-18(47)20(49)3-13/h1-9,11-12,29,35-36,39-43,46-62H,10H2/t29-,35-,36+,39-,40-,41+,42+,43+/m0/s1. The second-order valence-electron chi connectivity index (χ2n) is 16.0. The molecule has 8 atom stereocenters. The first kappa shape index (κ1) is 42.1. The molecule has 0 aromatic heterocycles. The third-order valence-electron chi connectivity index (χ3n) is 12.0. The summed E-state index contributed by atoms with van der Waals surface area (Å²) in [6.07, 6.45) is -10.8. The molecule has 17 N–H and O–H groups in total. The Labute approximate surface area is 364 Å².